The van der Waals surface area contributed by atoms with Gasteiger partial charge in [0, 0.05) is 17.1 Å². The first-order valence-corrected chi connectivity index (χ1v) is 12.3. The molecule has 5 aromatic rings. The summed E-state index contributed by atoms with van der Waals surface area (Å²) in [6.07, 6.45) is 2.22. The van der Waals surface area contributed by atoms with E-state index in [2.05, 4.69) is 122 Å². The number of rotatable bonds is 4. The summed E-state index contributed by atoms with van der Waals surface area (Å²) >= 11 is 0. The van der Waals surface area contributed by atoms with Crippen LogP contribution in [0, 0.1) is 13.8 Å². The van der Waals surface area contributed by atoms with E-state index in [-0.39, 0.29) is 5.75 Å². The second kappa shape index (κ2) is 8.90. The van der Waals surface area contributed by atoms with Crippen molar-refractivity contribution in [1.82, 2.24) is 0 Å². The molecule has 174 valence electrons. The lowest BCUT2D eigenvalue weighted by Crippen LogP contribution is -2.09. The zero-order valence-corrected chi connectivity index (χ0v) is 20.4. The van der Waals surface area contributed by atoms with E-state index in [0.717, 1.165) is 39.3 Å². The molecule has 1 N–H and O–H groups in total. The summed E-state index contributed by atoms with van der Waals surface area (Å²) in [4.78, 5) is 2.29. The molecule has 0 atom stereocenters. The first-order valence-electron chi connectivity index (χ1n) is 12.3. The van der Waals surface area contributed by atoms with Crippen LogP contribution in [0.4, 0.5) is 17.1 Å². The lowest BCUT2D eigenvalue weighted by molar-refractivity contribution is 0.475. The van der Waals surface area contributed by atoms with Crippen molar-refractivity contribution in [2.24, 2.45) is 0 Å². The maximum Gasteiger partial charge on any atom is 0.116 e. The molecular weight excluding hydrogens is 438 g/mol. The van der Waals surface area contributed by atoms with Crippen molar-refractivity contribution in [1.29, 1.82) is 0 Å². The maximum atomic E-state index is 10.2. The average molecular weight is 466 g/mol. The fourth-order valence-corrected chi connectivity index (χ4v) is 4.96. The molecule has 2 heteroatoms. The summed E-state index contributed by atoms with van der Waals surface area (Å²) in [6.45, 7) is 4.22. The molecule has 0 saturated carbocycles. The van der Waals surface area contributed by atoms with Gasteiger partial charge >= 0.3 is 0 Å². The number of aromatic hydroxyl groups is 1. The normalized spacial score (nSPS) is 12.9. The van der Waals surface area contributed by atoms with Gasteiger partial charge in [0.05, 0.1) is 0 Å². The van der Waals surface area contributed by atoms with Gasteiger partial charge in [0.25, 0.3) is 0 Å². The molecule has 0 unspecified atom stereocenters. The Morgan fingerprint density at radius 1 is 0.528 bits per heavy atom. The lowest BCUT2D eigenvalue weighted by atomic mass is 10.0. The highest BCUT2D eigenvalue weighted by molar-refractivity contribution is 6.06. The Bertz CT molecular complexity index is 1530. The first kappa shape index (κ1) is 21.9. The number of hydrogen-bond acceptors (Lipinski definition) is 2. The van der Waals surface area contributed by atoms with E-state index in [9.17, 15) is 5.11 Å². The molecule has 6 rings (SSSR count). The smallest absolute Gasteiger partial charge is 0.116 e. The van der Waals surface area contributed by atoms with Crippen molar-refractivity contribution < 1.29 is 5.11 Å². The molecule has 1 aliphatic rings. The lowest BCUT2D eigenvalue weighted by Gasteiger charge is -2.26. The number of fused-ring (bicyclic) bond motifs is 3. The molecule has 0 heterocycles. The minimum Gasteiger partial charge on any atom is -0.508 e. The van der Waals surface area contributed by atoms with E-state index in [4.69, 9.17) is 0 Å². The van der Waals surface area contributed by atoms with E-state index in [1.807, 2.05) is 12.1 Å². The molecule has 0 radical (unpaired) electrons. The van der Waals surface area contributed by atoms with Gasteiger partial charge in [0.1, 0.15) is 5.75 Å². The Labute approximate surface area is 212 Å². The van der Waals surface area contributed by atoms with Gasteiger partial charge in [-0.1, -0.05) is 77.9 Å². The number of nitrogens with zero attached hydrogens (tertiary/aromatic N) is 1. The molecule has 0 amide bonds. The van der Waals surface area contributed by atoms with Crippen molar-refractivity contribution in [2.45, 2.75) is 13.8 Å². The molecule has 0 aliphatic heterocycles. The number of hydrogen-bond donors (Lipinski definition) is 1. The molecule has 0 fully saturated rings. The SMILES string of the molecule is Cc1ccc(N(c2ccc(C)cc2)c2ccc(C=C3c4ccccc4-c4ccc(O)cc43)cc2)cc1. The summed E-state index contributed by atoms with van der Waals surface area (Å²) in [7, 11) is 0. The zero-order valence-electron chi connectivity index (χ0n) is 20.4. The molecule has 2 nitrogen and oxygen atoms in total. The van der Waals surface area contributed by atoms with Gasteiger partial charge in [0.15, 0.2) is 0 Å². The third-order valence-electron chi connectivity index (χ3n) is 6.85. The summed E-state index contributed by atoms with van der Waals surface area (Å²) in [5.41, 5.74) is 12.7. The van der Waals surface area contributed by atoms with Crippen molar-refractivity contribution in [3.8, 4) is 16.9 Å². The molecule has 5 aromatic carbocycles. The van der Waals surface area contributed by atoms with E-state index in [1.54, 1.807) is 6.07 Å². The maximum absolute atomic E-state index is 10.2. The Hall–Kier alpha value is -4.56. The molecule has 0 bridgehead atoms. The predicted molar refractivity (Wildman–Crippen MR) is 151 cm³/mol. The number of aryl methyl sites for hydroxylation is 2. The quantitative estimate of drug-likeness (QED) is 0.281. The third kappa shape index (κ3) is 3.97. The zero-order chi connectivity index (χ0) is 24.6. The van der Waals surface area contributed by atoms with Crippen LogP contribution in [0.1, 0.15) is 27.8 Å². The minimum atomic E-state index is 0.287. The van der Waals surface area contributed by atoms with Crippen LogP contribution < -0.4 is 4.90 Å². The standard InChI is InChI=1S/C34H27NO/c1-23-7-13-26(14-8-23)35(27-15-9-24(2)10-16-27)28-17-11-25(12-18-28)21-33-31-6-4-3-5-30(31)32-20-19-29(36)22-34(32)33/h3-22,36H,1-2H3. The molecule has 1 aliphatic carbocycles. The van der Waals surface area contributed by atoms with Crippen LogP contribution in [-0.4, -0.2) is 5.11 Å². The van der Waals surface area contributed by atoms with Crippen molar-refractivity contribution in [3.63, 3.8) is 0 Å². The van der Waals surface area contributed by atoms with Gasteiger partial charge < -0.3 is 10.0 Å². The largest absolute Gasteiger partial charge is 0.508 e. The van der Waals surface area contributed by atoms with Gasteiger partial charge in [-0.05, 0) is 102 Å². The van der Waals surface area contributed by atoms with Crippen LogP contribution >= 0.6 is 0 Å². The van der Waals surface area contributed by atoms with Crippen LogP contribution in [0.3, 0.4) is 0 Å². The fourth-order valence-electron chi connectivity index (χ4n) is 4.96. The van der Waals surface area contributed by atoms with E-state index >= 15 is 0 Å². The topological polar surface area (TPSA) is 23.5 Å². The Morgan fingerprint density at radius 2 is 1.03 bits per heavy atom. The van der Waals surface area contributed by atoms with Gasteiger partial charge in [0.2, 0.25) is 0 Å². The van der Waals surface area contributed by atoms with Crippen LogP contribution in [0.25, 0.3) is 22.8 Å². The highest BCUT2D eigenvalue weighted by Gasteiger charge is 2.23. The van der Waals surface area contributed by atoms with Crippen LogP contribution in [0.5, 0.6) is 5.75 Å². The van der Waals surface area contributed by atoms with Crippen LogP contribution in [0.2, 0.25) is 0 Å². The Balaban J connectivity index is 1.41. The van der Waals surface area contributed by atoms with Crippen molar-refractivity contribution >= 4 is 28.7 Å². The van der Waals surface area contributed by atoms with E-state index in [1.165, 1.54) is 22.3 Å². The van der Waals surface area contributed by atoms with Crippen molar-refractivity contribution in [2.75, 3.05) is 4.90 Å². The van der Waals surface area contributed by atoms with Crippen molar-refractivity contribution in [3.05, 3.63) is 143 Å². The number of anilines is 3. The molecule has 0 saturated heterocycles. The monoisotopic (exact) mass is 465 g/mol. The van der Waals surface area contributed by atoms with E-state index < -0.39 is 0 Å². The molecular formula is C34H27NO. The molecule has 0 aromatic heterocycles. The van der Waals surface area contributed by atoms with Crippen LogP contribution in [0.15, 0.2) is 115 Å². The summed E-state index contributed by atoms with van der Waals surface area (Å²) in [5, 5.41) is 10.2. The minimum absolute atomic E-state index is 0.287. The number of phenols is 1. The highest BCUT2D eigenvalue weighted by Crippen LogP contribution is 2.46. The molecule has 0 spiro atoms. The summed E-state index contributed by atoms with van der Waals surface area (Å²) in [6, 6.07) is 40.1. The Kier molecular flexibility index (Phi) is 5.42. The molecule has 36 heavy (non-hydrogen) atoms. The van der Waals surface area contributed by atoms with Gasteiger partial charge in [-0.25, -0.2) is 0 Å². The summed E-state index contributed by atoms with van der Waals surface area (Å²) in [5.74, 6) is 0.287. The first-order chi connectivity index (χ1) is 17.6. The highest BCUT2D eigenvalue weighted by atomic mass is 16.3. The average Bonchev–Trinajstić information content (AvgIpc) is 3.20. The van der Waals surface area contributed by atoms with Gasteiger partial charge in [-0.15, -0.1) is 0 Å². The number of phenolic OH excluding ortho intramolecular Hbond substituents is 1. The Morgan fingerprint density at radius 3 is 1.61 bits per heavy atom. The van der Waals surface area contributed by atoms with Gasteiger partial charge in [-0.2, -0.15) is 0 Å². The third-order valence-corrected chi connectivity index (χ3v) is 6.85. The fraction of sp³-hybridized carbons (Fsp3) is 0.0588. The second-order valence-electron chi connectivity index (χ2n) is 9.43. The second-order valence-corrected chi connectivity index (χ2v) is 9.43. The predicted octanol–water partition coefficient (Wildman–Crippen LogP) is 9.05. The van der Waals surface area contributed by atoms with E-state index in [0.29, 0.717) is 0 Å². The van der Waals surface area contributed by atoms with Gasteiger partial charge in [-0.3, -0.25) is 0 Å². The summed E-state index contributed by atoms with van der Waals surface area (Å²) < 4.78 is 0. The van der Waals surface area contributed by atoms with Crippen LogP contribution in [-0.2, 0) is 0 Å². The number of benzene rings is 5.